The number of aromatic amines is 1. The summed E-state index contributed by atoms with van der Waals surface area (Å²) in [7, 11) is 4.80. The van der Waals surface area contributed by atoms with Crippen LogP contribution in [0.2, 0.25) is 0 Å². The molecule has 170 valence electrons. The van der Waals surface area contributed by atoms with Gasteiger partial charge < -0.3 is 24.1 Å². The predicted octanol–water partition coefficient (Wildman–Crippen LogP) is 2.28. The SMILES string of the molecule is COc1ccc(CN2CCN(C(=O)c3sc4nc[nH]c(=O)c4c3C)CC2)c(OC)c1OC. The van der Waals surface area contributed by atoms with Gasteiger partial charge in [0.25, 0.3) is 11.5 Å². The number of H-pyrrole nitrogens is 1. The second-order valence-electron chi connectivity index (χ2n) is 7.53. The van der Waals surface area contributed by atoms with Crippen LogP contribution in [-0.4, -0.2) is 73.2 Å². The lowest BCUT2D eigenvalue weighted by Crippen LogP contribution is -2.48. The molecule has 4 rings (SSSR count). The summed E-state index contributed by atoms with van der Waals surface area (Å²) in [5.41, 5.74) is 1.48. The fourth-order valence-electron chi connectivity index (χ4n) is 4.06. The molecule has 3 aromatic rings. The van der Waals surface area contributed by atoms with Crippen molar-refractivity contribution in [2.45, 2.75) is 13.5 Å². The number of rotatable bonds is 6. The summed E-state index contributed by atoms with van der Waals surface area (Å²) >= 11 is 1.28. The monoisotopic (exact) mass is 458 g/mol. The average Bonchev–Trinajstić information content (AvgIpc) is 3.16. The van der Waals surface area contributed by atoms with E-state index in [0.29, 0.717) is 57.5 Å². The van der Waals surface area contributed by atoms with Crippen molar-refractivity contribution in [2.75, 3.05) is 47.5 Å². The highest BCUT2D eigenvalue weighted by molar-refractivity contribution is 7.20. The first-order valence-corrected chi connectivity index (χ1v) is 11.1. The van der Waals surface area contributed by atoms with E-state index in [9.17, 15) is 9.59 Å². The van der Waals surface area contributed by atoms with Crippen LogP contribution in [-0.2, 0) is 6.54 Å². The summed E-state index contributed by atoms with van der Waals surface area (Å²) in [5, 5.41) is 0.500. The number of aromatic nitrogens is 2. The van der Waals surface area contributed by atoms with E-state index in [1.54, 1.807) is 21.3 Å². The lowest BCUT2D eigenvalue weighted by atomic mass is 10.1. The van der Waals surface area contributed by atoms with Gasteiger partial charge in [-0.05, 0) is 18.6 Å². The molecule has 0 spiro atoms. The summed E-state index contributed by atoms with van der Waals surface area (Å²) in [5.74, 6) is 1.80. The number of benzene rings is 1. The van der Waals surface area contributed by atoms with Crippen LogP contribution in [0.15, 0.2) is 23.3 Å². The van der Waals surface area contributed by atoms with Crippen molar-refractivity contribution in [3.8, 4) is 17.2 Å². The minimum atomic E-state index is -0.212. The lowest BCUT2D eigenvalue weighted by Gasteiger charge is -2.35. The molecule has 0 unspecified atom stereocenters. The zero-order chi connectivity index (χ0) is 22.8. The normalized spacial score (nSPS) is 14.6. The topological polar surface area (TPSA) is 97.0 Å². The van der Waals surface area contributed by atoms with E-state index in [4.69, 9.17) is 14.2 Å². The van der Waals surface area contributed by atoms with Gasteiger partial charge in [-0.2, -0.15) is 0 Å². The number of ether oxygens (including phenoxy) is 3. The Bertz CT molecular complexity index is 1200. The number of hydrogen-bond acceptors (Lipinski definition) is 8. The third kappa shape index (κ3) is 3.91. The van der Waals surface area contributed by atoms with Gasteiger partial charge in [0, 0.05) is 38.3 Å². The number of carbonyl (C=O) groups excluding carboxylic acids is 1. The van der Waals surface area contributed by atoms with Crippen LogP contribution >= 0.6 is 11.3 Å². The van der Waals surface area contributed by atoms with Crippen LogP contribution in [0.4, 0.5) is 0 Å². The number of piperazine rings is 1. The van der Waals surface area contributed by atoms with E-state index in [1.165, 1.54) is 17.7 Å². The van der Waals surface area contributed by atoms with Crippen LogP contribution < -0.4 is 19.8 Å². The Labute approximate surface area is 189 Å². The average molecular weight is 459 g/mol. The van der Waals surface area contributed by atoms with Crippen LogP contribution in [0, 0.1) is 6.92 Å². The summed E-state index contributed by atoms with van der Waals surface area (Å²) < 4.78 is 16.4. The van der Waals surface area contributed by atoms with Crippen LogP contribution in [0.5, 0.6) is 17.2 Å². The highest BCUT2D eigenvalue weighted by Crippen LogP contribution is 2.40. The van der Waals surface area contributed by atoms with Crippen LogP contribution in [0.1, 0.15) is 20.8 Å². The number of nitrogens with zero attached hydrogens (tertiary/aromatic N) is 3. The molecule has 1 fully saturated rings. The first-order valence-electron chi connectivity index (χ1n) is 10.2. The molecular formula is C22H26N4O5S. The fourth-order valence-corrected chi connectivity index (χ4v) is 5.18. The van der Waals surface area contributed by atoms with E-state index in [0.717, 1.165) is 18.7 Å². The molecule has 0 radical (unpaired) electrons. The number of hydrogen-bond donors (Lipinski definition) is 1. The van der Waals surface area contributed by atoms with E-state index in [1.807, 2.05) is 24.0 Å². The molecule has 3 heterocycles. The van der Waals surface area contributed by atoms with Crippen molar-refractivity contribution in [2.24, 2.45) is 0 Å². The van der Waals surface area contributed by atoms with Crippen LogP contribution in [0.3, 0.4) is 0 Å². The predicted molar refractivity (Wildman–Crippen MR) is 122 cm³/mol. The molecule has 0 bridgehead atoms. The van der Waals surface area contributed by atoms with Crippen molar-refractivity contribution >= 4 is 27.5 Å². The van der Waals surface area contributed by atoms with Gasteiger partial charge in [-0.25, -0.2) is 4.98 Å². The quantitative estimate of drug-likeness (QED) is 0.605. The maximum atomic E-state index is 13.1. The Balaban J connectivity index is 1.46. The number of fused-ring (bicyclic) bond motifs is 1. The number of aryl methyl sites for hydroxylation is 1. The summed E-state index contributed by atoms with van der Waals surface area (Å²) in [6, 6.07) is 3.85. The molecule has 1 saturated heterocycles. The molecule has 1 amide bonds. The van der Waals surface area contributed by atoms with Crippen molar-refractivity contribution in [3.05, 3.63) is 44.8 Å². The summed E-state index contributed by atoms with van der Waals surface area (Å²) in [6.07, 6.45) is 1.37. The van der Waals surface area contributed by atoms with Crippen molar-refractivity contribution in [1.29, 1.82) is 0 Å². The van der Waals surface area contributed by atoms with Gasteiger partial charge in [0.1, 0.15) is 4.83 Å². The van der Waals surface area contributed by atoms with E-state index in [2.05, 4.69) is 14.9 Å². The van der Waals surface area contributed by atoms with Gasteiger partial charge in [-0.15, -0.1) is 11.3 Å². The van der Waals surface area contributed by atoms with E-state index in [-0.39, 0.29) is 11.5 Å². The van der Waals surface area contributed by atoms with E-state index < -0.39 is 0 Å². The fraction of sp³-hybridized carbons (Fsp3) is 0.409. The highest BCUT2D eigenvalue weighted by Gasteiger charge is 2.27. The smallest absolute Gasteiger partial charge is 0.264 e. The van der Waals surface area contributed by atoms with Gasteiger partial charge in [-0.1, -0.05) is 6.07 Å². The third-order valence-corrected chi connectivity index (χ3v) is 6.95. The molecule has 9 nitrogen and oxygen atoms in total. The number of carbonyl (C=O) groups is 1. The number of thiophene rings is 1. The van der Waals surface area contributed by atoms with Crippen molar-refractivity contribution < 1.29 is 19.0 Å². The maximum Gasteiger partial charge on any atom is 0.264 e. The molecule has 0 saturated carbocycles. The molecule has 1 N–H and O–H groups in total. The van der Waals surface area contributed by atoms with Crippen LogP contribution in [0.25, 0.3) is 10.2 Å². The molecule has 1 aromatic carbocycles. The van der Waals surface area contributed by atoms with E-state index >= 15 is 0 Å². The van der Waals surface area contributed by atoms with Crippen molar-refractivity contribution in [3.63, 3.8) is 0 Å². The number of methoxy groups -OCH3 is 3. The Hall–Kier alpha value is -3.11. The Morgan fingerprint density at radius 1 is 1.09 bits per heavy atom. The van der Waals surface area contributed by atoms with Gasteiger partial charge in [-0.3, -0.25) is 14.5 Å². The zero-order valence-electron chi connectivity index (χ0n) is 18.6. The number of nitrogens with one attached hydrogen (secondary N) is 1. The molecule has 0 aliphatic carbocycles. The molecule has 0 atom stereocenters. The Morgan fingerprint density at radius 2 is 1.81 bits per heavy atom. The van der Waals surface area contributed by atoms with Gasteiger partial charge in [0.15, 0.2) is 11.5 Å². The molecule has 1 aliphatic rings. The number of amides is 1. The minimum absolute atomic E-state index is 0.0479. The molecule has 32 heavy (non-hydrogen) atoms. The molecule has 1 aliphatic heterocycles. The highest BCUT2D eigenvalue weighted by atomic mass is 32.1. The summed E-state index contributed by atoms with van der Waals surface area (Å²) in [6.45, 7) is 5.14. The Kier molecular flexibility index (Phi) is 6.33. The largest absolute Gasteiger partial charge is 0.493 e. The zero-order valence-corrected chi connectivity index (χ0v) is 19.4. The first kappa shape index (κ1) is 22.1. The first-order chi connectivity index (χ1) is 15.5. The second-order valence-corrected chi connectivity index (χ2v) is 8.53. The second kappa shape index (κ2) is 9.17. The maximum absolute atomic E-state index is 13.1. The molecular weight excluding hydrogens is 432 g/mol. The standard InChI is InChI=1S/C22H26N4O5S/c1-13-16-20(27)23-12-24-21(16)32-19(13)22(28)26-9-7-25(8-10-26)11-14-5-6-15(29-2)18(31-4)17(14)30-3/h5-6,12H,7-11H2,1-4H3,(H,23,24,27). The summed E-state index contributed by atoms with van der Waals surface area (Å²) in [4.78, 5) is 37.3. The minimum Gasteiger partial charge on any atom is -0.493 e. The van der Waals surface area contributed by atoms with Gasteiger partial charge >= 0.3 is 0 Å². The molecule has 2 aromatic heterocycles. The Morgan fingerprint density at radius 3 is 2.44 bits per heavy atom. The third-order valence-electron chi connectivity index (χ3n) is 5.77. The van der Waals surface area contributed by atoms with Crippen molar-refractivity contribution in [1.82, 2.24) is 19.8 Å². The van der Waals surface area contributed by atoms with Gasteiger partial charge in [0.05, 0.1) is 37.9 Å². The lowest BCUT2D eigenvalue weighted by molar-refractivity contribution is 0.0631. The van der Waals surface area contributed by atoms with Gasteiger partial charge in [0.2, 0.25) is 5.75 Å². The molecule has 10 heteroatoms.